The van der Waals surface area contributed by atoms with E-state index in [1.54, 1.807) is 0 Å². The molecule has 1 saturated heterocycles. The molecule has 6 heteroatoms. The van der Waals surface area contributed by atoms with Crippen LogP contribution in [0.3, 0.4) is 0 Å². The number of rotatable bonds is 4. The van der Waals surface area contributed by atoms with Crippen LogP contribution in [0.2, 0.25) is 0 Å². The zero-order valence-corrected chi connectivity index (χ0v) is 15.8. The number of carboxylic acids is 1. The number of anilines is 1. The summed E-state index contributed by atoms with van der Waals surface area (Å²) in [7, 11) is 0. The minimum absolute atomic E-state index is 0.0511. The smallest absolute Gasteiger partial charge is 0.373 e. The number of carboxylic acid groups (broad SMARTS) is 1. The van der Waals surface area contributed by atoms with E-state index in [9.17, 15) is 9.90 Å². The van der Waals surface area contributed by atoms with E-state index in [1.807, 2.05) is 24.3 Å². The number of halogens is 1. The molecule has 26 heavy (non-hydrogen) atoms. The van der Waals surface area contributed by atoms with Crippen LogP contribution in [-0.2, 0) is 6.54 Å². The number of benzene rings is 2. The van der Waals surface area contributed by atoms with Gasteiger partial charge in [-0.3, -0.25) is 4.90 Å². The Bertz CT molecular complexity index is 931. The Morgan fingerprint density at radius 1 is 1.08 bits per heavy atom. The lowest BCUT2D eigenvalue weighted by molar-refractivity contribution is 0.0663. The molecule has 0 spiro atoms. The molecule has 1 aromatic heterocycles. The molecule has 1 aliphatic heterocycles. The third-order valence-electron chi connectivity index (χ3n) is 4.79. The second-order valence-electron chi connectivity index (χ2n) is 6.48. The first-order chi connectivity index (χ1) is 12.6. The van der Waals surface area contributed by atoms with Crippen LogP contribution in [-0.4, -0.2) is 42.2 Å². The van der Waals surface area contributed by atoms with Crippen molar-refractivity contribution in [2.24, 2.45) is 0 Å². The zero-order chi connectivity index (χ0) is 18.1. The number of hydrogen-bond acceptors (Lipinski definition) is 4. The number of piperazine rings is 1. The van der Waals surface area contributed by atoms with Gasteiger partial charge in [0.2, 0.25) is 5.76 Å². The van der Waals surface area contributed by atoms with Crippen LogP contribution in [0.25, 0.3) is 11.0 Å². The fourth-order valence-electron chi connectivity index (χ4n) is 3.40. The Balaban J connectivity index is 1.47. The van der Waals surface area contributed by atoms with E-state index >= 15 is 0 Å². The number of furan rings is 1. The second kappa shape index (κ2) is 7.13. The number of carbonyl (C=O) groups is 1. The summed E-state index contributed by atoms with van der Waals surface area (Å²) in [6.45, 7) is 4.86. The minimum Gasteiger partial charge on any atom is -0.475 e. The van der Waals surface area contributed by atoms with Crippen molar-refractivity contribution in [3.63, 3.8) is 0 Å². The average molecular weight is 415 g/mol. The molecule has 0 amide bonds. The van der Waals surface area contributed by atoms with Gasteiger partial charge in [-0.05, 0) is 39.7 Å². The molecule has 4 rings (SSSR count). The largest absolute Gasteiger partial charge is 0.475 e. The normalized spacial score (nSPS) is 15.5. The van der Waals surface area contributed by atoms with Crippen LogP contribution < -0.4 is 4.90 Å². The predicted octanol–water partition coefficient (Wildman–Crippen LogP) is 4.22. The third kappa shape index (κ3) is 3.34. The fraction of sp³-hybridized carbons (Fsp3) is 0.250. The van der Waals surface area contributed by atoms with E-state index in [-0.39, 0.29) is 5.76 Å². The first kappa shape index (κ1) is 17.1. The van der Waals surface area contributed by atoms with Crippen molar-refractivity contribution < 1.29 is 14.3 Å². The van der Waals surface area contributed by atoms with Gasteiger partial charge in [0.1, 0.15) is 5.58 Å². The summed E-state index contributed by atoms with van der Waals surface area (Å²) in [5, 5.41) is 9.99. The van der Waals surface area contributed by atoms with Gasteiger partial charge in [0.25, 0.3) is 0 Å². The van der Waals surface area contributed by atoms with Gasteiger partial charge in [-0.25, -0.2) is 4.79 Å². The van der Waals surface area contributed by atoms with Crippen molar-refractivity contribution in [2.75, 3.05) is 31.1 Å². The molecule has 1 N–H and O–H groups in total. The van der Waals surface area contributed by atoms with E-state index in [2.05, 4.69) is 50.0 Å². The molecule has 0 saturated carbocycles. The Labute approximate surface area is 159 Å². The molecule has 1 fully saturated rings. The number of hydrogen-bond donors (Lipinski definition) is 1. The van der Waals surface area contributed by atoms with Crippen molar-refractivity contribution >= 4 is 38.6 Å². The first-order valence-corrected chi connectivity index (χ1v) is 9.37. The van der Waals surface area contributed by atoms with E-state index in [0.29, 0.717) is 10.1 Å². The van der Waals surface area contributed by atoms with Gasteiger partial charge in [0.05, 0.1) is 4.47 Å². The SMILES string of the molecule is O=C(O)c1oc2ccc(N3CCN(Cc4ccccc4)CC3)cc2c1Br. The Hall–Kier alpha value is -2.31. The summed E-state index contributed by atoms with van der Waals surface area (Å²) in [4.78, 5) is 16.0. The molecule has 5 nitrogen and oxygen atoms in total. The maximum atomic E-state index is 11.2. The van der Waals surface area contributed by atoms with Gasteiger partial charge in [0.15, 0.2) is 0 Å². The summed E-state index contributed by atoms with van der Waals surface area (Å²) >= 11 is 3.36. The van der Waals surface area contributed by atoms with Crippen molar-refractivity contribution in [3.8, 4) is 0 Å². The van der Waals surface area contributed by atoms with E-state index in [1.165, 1.54) is 5.56 Å². The predicted molar refractivity (Wildman–Crippen MR) is 105 cm³/mol. The first-order valence-electron chi connectivity index (χ1n) is 8.58. The number of fused-ring (bicyclic) bond motifs is 1. The highest BCUT2D eigenvalue weighted by atomic mass is 79.9. The van der Waals surface area contributed by atoms with Gasteiger partial charge in [-0.2, -0.15) is 0 Å². The van der Waals surface area contributed by atoms with Gasteiger partial charge in [-0.15, -0.1) is 0 Å². The van der Waals surface area contributed by atoms with Crippen LogP contribution in [0, 0.1) is 0 Å². The molecule has 0 atom stereocenters. The summed E-state index contributed by atoms with van der Waals surface area (Å²) in [6.07, 6.45) is 0. The highest BCUT2D eigenvalue weighted by Crippen LogP contribution is 2.34. The van der Waals surface area contributed by atoms with Crippen molar-refractivity contribution in [1.82, 2.24) is 4.90 Å². The van der Waals surface area contributed by atoms with Crippen LogP contribution in [0.1, 0.15) is 16.1 Å². The van der Waals surface area contributed by atoms with E-state index in [4.69, 9.17) is 4.42 Å². The number of aromatic carboxylic acids is 1. The standard InChI is InChI=1S/C20H19BrN2O3/c21-18-16-12-15(6-7-17(16)26-19(18)20(24)25)23-10-8-22(9-11-23)13-14-4-2-1-3-5-14/h1-7,12H,8-11,13H2,(H,24,25). The van der Waals surface area contributed by atoms with Gasteiger partial charge < -0.3 is 14.4 Å². The quantitative estimate of drug-likeness (QED) is 0.692. The van der Waals surface area contributed by atoms with Crippen molar-refractivity contribution in [3.05, 3.63) is 64.3 Å². The molecule has 1 aliphatic rings. The molecule has 0 aliphatic carbocycles. The van der Waals surface area contributed by atoms with Gasteiger partial charge >= 0.3 is 5.97 Å². The monoisotopic (exact) mass is 414 g/mol. The highest BCUT2D eigenvalue weighted by Gasteiger charge is 2.21. The molecule has 0 radical (unpaired) electrons. The summed E-state index contributed by atoms with van der Waals surface area (Å²) in [6, 6.07) is 16.4. The number of nitrogens with zero attached hydrogens (tertiary/aromatic N) is 2. The van der Waals surface area contributed by atoms with Crippen LogP contribution in [0.15, 0.2) is 57.4 Å². The molecular formula is C20H19BrN2O3. The molecule has 134 valence electrons. The van der Waals surface area contributed by atoms with Gasteiger partial charge in [0, 0.05) is 43.8 Å². The fourth-order valence-corrected chi connectivity index (χ4v) is 3.96. The molecule has 3 aromatic rings. The van der Waals surface area contributed by atoms with E-state index in [0.717, 1.165) is 43.8 Å². The summed E-state index contributed by atoms with van der Waals surface area (Å²) in [5.74, 6) is -1.12. The molecule has 2 heterocycles. The van der Waals surface area contributed by atoms with Crippen LogP contribution >= 0.6 is 15.9 Å². The molecule has 0 bridgehead atoms. The Kier molecular flexibility index (Phi) is 4.70. The summed E-state index contributed by atoms with van der Waals surface area (Å²) < 4.78 is 5.92. The maximum Gasteiger partial charge on any atom is 0.373 e. The Morgan fingerprint density at radius 3 is 2.50 bits per heavy atom. The lowest BCUT2D eigenvalue weighted by atomic mass is 10.1. The third-order valence-corrected chi connectivity index (χ3v) is 5.58. The van der Waals surface area contributed by atoms with Crippen LogP contribution in [0.5, 0.6) is 0 Å². The lowest BCUT2D eigenvalue weighted by Crippen LogP contribution is -2.45. The Morgan fingerprint density at radius 2 is 1.81 bits per heavy atom. The zero-order valence-electron chi connectivity index (χ0n) is 14.2. The molecule has 2 aromatic carbocycles. The van der Waals surface area contributed by atoms with Gasteiger partial charge in [-0.1, -0.05) is 30.3 Å². The minimum atomic E-state index is -1.07. The summed E-state index contributed by atoms with van der Waals surface area (Å²) in [5.41, 5.74) is 3.02. The molecule has 0 unspecified atom stereocenters. The topological polar surface area (TPSA) is 56.9 Å². The van der Waals surface area contributed by atoms with E-state index < -0.39 is 5.97 Å². The second-order valence-corrected chi connectivity index (χ2v) is 7.27. The molecular weight excluding hydrogens is 396 g/mol. The lowest BCUT2D eigenvalue weighted by Gasteiger charge is -2.36. The van der Waals surface area contributed by atoms with Crippen molar-refractivity contribution in [1.29, 1.82) is 0 Å². The highest BCUT2D eigenvalue weighted by molar-refractivity contribution is 9.10. The van der Waals surface area contributed by atoms with Crippen LogP contribution in [0.4, 0.5) is 5.69 Å². The van der Waals surface area contributed by atoms with Crippen molar-refractivity contribution in [2.45, 2.75) is 6.54 Å². The maximum absolute atomic E-state index is 11.2. The average Bonchev–Trinajstić information content (AvgIpc) is 3.00.